The third-order valence-corrected chi connectivity index (χ3v) is 3.84. The summed E-state index contributed by atoms with van der Waals surface area (Å²) in [5.74, 6) is -1.72. The van der Waals surface area contributed by atoms with Crippen molar-refractivity contribution in [3.63, 3.8) is 0 Å². The highest BCUT2D eigenvalue weighted by atomic mass is 16.5. The number of hydrogen-bond acceptors (Lipinski definition) is 3. The van der Waals surface area contributed by atoms with E-state index in [1.54, 1.807) is 12.0 Å². The number of carboxylic acids is 1. The summed E-state index contributed by atoms with van der Waals surface area (Å²) in [6, 6.07) is 7.18. The van der Waals surface area contributed by atoms with Crippen LogP contribution in [0.1, 0.15) is 37.4 Å². The molecule has 1 aromatic rings. The Bertz CT molecular complexity index is 541. The molecule has 0 bridgehead atoms. The Morgan fingerprint density at radius 1 is 1.48 bits per heavy atom. The van der Waals surface area contributed by atoms with Gasteiger partial charge in [-0.05, 0) is 25.0 Å². The quantitative estimate of drug-likeness (QED) is 0.903. The van der Waals surface area contributed by atoms with Gasteiger partial charge in [0.25, 0.3) is 0 Å². The lowest BCUT2D eigenvalue weighted by Gasteiger charge is -2.31. The van der Waals surface area contributed by atoms with Crippen molar-refractivity contribution in [2.75, 3.05) is 7.11 Å². The van der Waals surface area contributed by atoms with E-state index < -0.39 is 17.9 Å². The third kappa shape index (κ3) is 3.08. The molecule has 1 aromatic carbocycles. The van der Waals surface area contributed by atoms with Crippen molar-refractivity contribution in [2.45, 2.75) is 39.0 Å². The summed E-state index contributed by atoms with van der Waals surface area (Å²) in [7, 11) is 1.62. The molecule has 2 atom stereocenters. The lowest BCUT2D eigenvalue weighted by Crippen LogP contribution is -2.36. The Morgan fingerprint density at radius 3 is 2.76 bits per heavy atom. The number of amides is 1. The predicted molar refractivity (Wildman–Crippen MR) is 77.6 cm³/mol. The van der Waals surface area contributed by atoms with E-state index in [1.165, 1.54) is 0 Å². The van der Waals surface area contributed by atoms with E-state index in [-0.39, 0.29) is 18.4 Å². The van der Waals surface area contributed by atoms with Crippen molar-refractivity contribution in [1.82, 2.24) is 4.90 Å². The van der Waals surface area contributed by atoms with Crippen LogP contribution in [0.2, 0.25) is 0 Å². The minimum atomic E-state index is -0.923. The van der Waals surface area contributed by atoms with Gasteiger partial charge < -0.3 is 14.7 Å². The number of carbonyl (C=O) groups excluding carboxylic acids is 1. The van der Waals surface area contributed by atoms with Gasteiger partial charge in [0.1, 0.15) is 0 Å². The number of carboxylic acid groups (broad SMARTS) is 1. The second-order valence-electron chi connectivity index (χ2n) is 5.67. The summed E-state index contributed by atoms with van der Waals surface area (Å²) in [5, 5.41) is 9.43. The predicted octanol–water partition coefficient (Wildman–Crippen LogP) is 2.22. The van der Waals surface area contributed by atoms with E-state index in [1.807, 2.05) is 38.1 Å². The summed E-state index contributed by atoms with van der Waals surface area (Å²) >= 11 is 0. The van der Waals surface area contributed by atoms with Gasteiger partial charge in [-0.1, -0.05) is 24.3 Å². The molecular weight excluding hydrogens is 270 g/mol. The summed E-state index contributed by atoms with van der Waals surface area (Å²) in [6.45, 7) is 4.29. The first-order valence-corrected chi connectivity index (χ1v) is 7.07. The monoisotopic (exact) mass is 291 g/mol. The zero-order chi connectivity index (χ0) is 15.6. The molecule has 0 radical (unpaired) electrons. The molecule has 0 aliphatic carbocycles. The maximum Gasteiger partial charge on any atom is 0.309 e. The number of ether oxygens (including phenoxy) is 1. The lowest BCUT2D eigenvalue weighted by molar-refractivity contribution is -0.142. The Labute approximate surface area is 124 Å². The number of likely N-dealkylation sites (tertiary alicyclic amines) is 1. The standard InChI is InChI=1S/C16H21NO4/c1-10(2)17-14(18)8-13(16(19)20)15(17)12-6-4-5-11(7-12)9-21-3/h4-7,10,13,15H,8-9H2,1-3H3,(H,19,20). The van der Waals surface area contributed by atoms with Crippen LogP contribution in [0.4, 0.5) is 0 Å². The smallest absolute Gasteiger partial charge is 0.309 e. The van der Waals surface area contributed by atoms with Gasteiger partial charge >= 0.3 is 5.97 Å². The fraction of sp³-hybridized carbons (Fsp3) is 0.500. The zero-order valence-corrected chi connectivity index (χ0v) is 12.6. The number of methoxy groups -OCH3 is 1. The molecule has 5 heteroatoms. The highest BCUT2D eigenvalue weighted by Crippen LogP contribution is 2.39. The number of hydrogen-bond donors (Lipinski definition) is 1. The average Bonchev–Trinajstić information content (AvgIpc) is 2.77. The van der Waals surface area contributed by atoms with Crippen molar-refractivity contribution in [1.29, 1.82) is 0 Å². The molecule has 1 aliphatic heterocycles. The van der Waals surface area contributed by atoms with Crippen molar-refractivity contribution in [3.05, 3.63) is 35.4 Å². The molecular formula is C16H21NO4. The van der Waals surface area contributed by atoms with Crippen molar-refractivity contribution in [3.8, 4) is 0 Å². The Hall–Kier alpha value is -1.88. The highest BCUT2D eigenvalue weighted by Gasteiger charge is 2.45. The molecule has 1 aliphatic rings. The van der Waals surface area contributed by atoms with E-state index in [2.05, 4.69) is 0 Å². The van der Waals surface area contributed by atoms with Gasteiger partial charge in [-0.3, -0.25) is 9.59 Å². The minimum Gasteiger partial charge on any atom is -0.481 e. The summed E-state index contributed by atoms with van der Waals surface area (Å²) in [4.78, 5) is 25.4. The molecule has 5 nitrogen and oxygen atoms in total. The van der Waals surface area contributed by atoms with Gasteiger partial charge in [-0.15, -0.1) is 0 Å². The van der Waals surface area contributed by atoms with Gasteiger partial charge in [-0.25, -0.2) is 0 Å². The molecule has 0 aromatic heterocycles. The van der Waals surface area contributed by atoms with Crippen LogP contribution in [0.5, 0.6) is 0 Å². The molecule has 2 unspecified atom stereocenters. The topological polar surface area (TPSA) is 66.8 Å². The van der Waals surface area contributed by atoms with Gasteiger partial charge in [0.2, 0.25) is 5.91 Å². The van der Waals surface area contributed by atoms with Crippen molar-refractivity contribution in [2.24, 2.45) is 5.92 Å². The number of aliphatic carboxylic acids is 1. The average molecular weight is 291 g/mol. The molecule has 1 amide bonds. The van der Waals surface area contributed by atoms with Gasteiger partial charge in [-0.2, -0.15) is 0 Å². The van der Waals surface area contributed by atoms with Crippen LogP contribution in [-0.2, 0) is 20.9 Å². The van der Waals surface area contributed by atoms with E-state index in [0.29, 0.717) is 6.61 Å². The fourth-order valence-corrected chi connectivity index (χ4v) is 3.01. The van der Waals surface area contributed by atoms with Crippen LogP contribution in [0.3, 0.4) is 0 Å². The number of carbonyl (C=O) groups is 2. The highest BCUT2D eigenvalue weighted by molar-refractivity contribution is 5.87. The maximum absolute atomic E-state index is 12.2. The lowest BCUT2D eigenvalue weighted by atomic mass is 9.92. The number of rotatable bonds is 5. The molecule has 21 heavy (non-hydrogen) atoms. The fourth-order valence-electron chi connectivity index (χ4n) is 3.01. The second-order valence-corrected chi connectivity index (χ2v) is 5.67. The Balaban J connectivity index is 2.42. The summed E-state index contributed by atoms with van der Waals surface area (Å²) in [5.41, 5.74) is 1.83. The van der Waals surface area contributed by atoms with Crippen molar-refractivity contribution < 1.29 is 19.4 Å². The van der Waals surface area contributed by atoms with E-state index in [9.17, 15) is 14.7 Å². The Morgan fingerprint density at radius 2 is 2.19 bits per heavy atom. The Kier molecular flexibility index (Phi) is 4.63. The number of benzene rings is 1. The zero-order valence-electron chi connectivity index (χ0n) is 12.6. The summed E-state index contributed by atoms with van der Waals surface area (Å²) < 4.78 is 5.12. The van der Waals surface area contributed by atoms with Crippen LogP contribution in [-0.4, -0.2) is 35.0 Å². The SMILES string of the molecule is COCc1cccc(C2C(C(=O)O)CC(=O)N2C(C)C)c1. The van der Waals surface area contributed by atoms with Gasteiger partial charge in [0.05, 0.1) is 18.6 Å². The largest absolute Gasteiger partial charge is 0.481 e. The van der Waals surface area contributed by atoms with Crippen LogP contribution in [0, 0.1) is 5.92 Å². The number of nitrogens with zero attached hydrogens (tertiary/aromatic N) is 1. The van der Waals surface area contributed by atoms with Gasteiger partial charge in [0.15, 0.2) is 0 Å². The molecule has 0 saturated carbocycles. The maximum atomic E-state index is 12.2. The molecule has 1 saturated heterocycles. The van der Waals surface area contributed by atoms with Crippen LogP contribution in [0.25, 0.3) is 0 Å². The molecule has 2 rings (SSSR count). The summed E-state index contributed by atoms with van der Waals surface area (Å²) in [6.07, 6.45) is 0.0622. The molecule has 1 heterocycles. The van der Waals surface area contributed by atoms with E-state index in [4.69, 9.17) is 4.74 Å². The molecule has 114 valence electrons. The van der Waals surface area contributed by atoms with Crippen LogP contribution in [0.15, 0.2) is 24.3 Å². The van der Waals surface area contributed by atoms with Crippen LogP contribution < -0.4 is 0 Å². The minimum absolute atomic E-state index is 0.0297. The molecule has 1 N–H and O–H groups in total. The first-order chi connectivity index (χ1) is 9.95. The molecule has 1 fully saturated rings. The normalized spacial score (nSPS) is 22.1. The van der Waals surface area contributed by atoms with E-state index >= 15 is 0 Å². The van der Waals surface area contributed by atoms with Crippen LogP contribution >= 0.6 is 0 Å². The van der Waals surface area contributed by atoms with Crippen molar-refractivity contribution >= 4 is 11.9 Å². The van der Waals surface area contributed by atoms with E-state index in [0.717, 1.165) is 11.1 Å². The van der Waals surface area contributed by atoms with Gasteiger partial charge in [0, 0.05) is 19.6 Å². The second kappa shape index (κ2) is 6.26. The first-order valence-electron chi connectivity index (χ1n) is 7.07. The molecule has 0 spiro atoms. The third-order valence-electron chi connectivity index (χ3n) is 3.84. The first kappa shape index (κ1) is 15.5.